The summed E-state index contributed by atoms with van der Waals surface area (Å²) in [6, 6.07) is 0.917. The maximum absolute atomic E-state index is 11.6. The summed E-state index contributed by atoms with van der Waals surface area (Å²) in [6.07, 6.45) is -0.564. The zero-order valence-corrected chi connectivity index (χ0v) is 13.2. The van der Waals surface area contributed by atoms with Crippen molar-refractivity contribution in [3.05, 3.63) is 22.4 Å². The summed E-state index contributed by atoms with van der Waals surface area (Å²) in [6.45, 7) is 5.82. The van der Waals surface area contributed by atoms with E-state index in [1.807, 2.05) is 16.8 Å². The predicted molar refractivity (Wildman–Crippen MR) is 79.4 cm³/mol. The third kappa shape index (κ3) is 7.67. The average molecular weight is 315 g/mol. The van der Waals surface area contributed by atoms with Crippen molar-refractivity contribution in [2.75, 3.05) is 6.61 Å². The second-order valence-electron chi connectivity index (χ2n) is 5.51. The largest absolute Gasteiger partial charge is 0.480 e. The van der Waals surface area contributed by atoms with Gasteiger partial charge in [0.15, 0.2) is 0 Å². The molecule has 0 spiro atoms. The molecular formula is C14H21NO5S. The number of hydrogen-bond donors (Lipinski definition) is 2. The molecule has 0 aliphatic rings. The highest BCUT2D eigenvalue weighted by atomic mass is 32.1. The van der Waals surface area contributed by atoms with Gasteiger partial charge in [0.05, 0.1) is 6.61 Å². The Morgan fingerprint density at radius 1 is 1.43 bits per heavy atom. The minimum absolute atomic E-state index is 0.179. The minimum Gasteiger partial charge on any atom is -0.480 e. The lowest BCUT2D eigenvalue weighted by Gasteiger charge is -2.22. The van der Waals surface area contributed by atoms with Crippen molar-refractivity contribution >= 4 is 23.4 Å². The van der Waals surface area contributed by atoms with Crippen LogP contribution in [-0.2, 0) is 20.9 Å². The Bertz CT molecular complexity index is 452. The van der Waals surface area contributed by atoms with Crippen LogP contribution in [0.25, 0.3) is 0 Å². The van der Waals surface area contributed by atoms with Crippen molar-refractivity contribution in [2.24, 2.45) is 0 Å². The first kappa shape index (κ1) is 17.5. The Kier molecular flexibility index (Phi) is 6.64. The molecule has 0 aliphatic heterocycles. The van der Waals surface area contributed by atoms with Crippen LogP contribution in [0.2, 0.25) is 0 Å². The molecule has 1 aromatic heterocycles. The number of carbonyl (C=O) groups excluding carboxylic acids is 1. The number of carboxylic acids is 1. The Balaban J connectivity index is 2.32. The summed E-state index contributed by atoms with van der Waals surface area (Å²) in [5.74, 6) is -1.11. The van der Waals surface area contributed by atoms with Crippen LogP contribution in [0, 0.1) is 0 Å². The third-order valence-electron chi connectivity index (χ3n) is 2.39. The first-order valence-electron chi connectivity index (χ1n) is 6.59. The fourth-order valence-electron chi connectivity index (χ4n) is 1.47. The maximum atomic E-state index is 11.6. The van der Waals surface area contributed by atoms with E-state index < -0.39 is 23.7 Å². The second-order valence-corrected chi connectivity index (χ2v) is 6.29. The van der Waals surface area contributed by atoms with Crippen molar-refractivity contribution in [3.63, 3.8) is 0 Å². The highest BCUT2D eigenvalue weighted by Crippen LogP contribution is 2.09. The zero-order valence-electron chi connectivity index (χ0n) is 12.4. The SMILES string of the molecule is CC(C)(C)OC(=O)NC(CCOCc1ccsc1)C(=O)O. The van der Waals surface area contributed by atoms with Crippen molar-refractivity contribution in [2.45, 2.75) is 45.4 Å². The quantitative estimate of drug-likeness (QED) is 0.756. The molecule has 1 atom stereocenters. The first-order valence-corrected chi connectivity index (χ1v) is 7.53. The molecule has 1 rings (SSSR count). The first-order chi connectivity index (χ1) is 9.78. The Morgan fingerprint density at radius 2 is 2.14 bits per heavy atom. The lowest BCUT2D eigenvalue weighted by atomic mass is 10.2. The lowest BCUT2D eigenvalue weighted by Crippen LogP contribution is -2.44. The molecule has 2 N–H and O–H groups in total. The summed E-state index contributed by atoms with van der Waals surface area (Å²) in [5, 5.41) is 15.3. The van der Waals surface area contributed by atoms with E-state index in [1.165, 1.54) is 0 Å². The van der Waals surface area contributed by atoms with Crippen LogP contribution in [0.1, 0.15) is 32.8 Å². The molecule has 1 unspecified atom stereocenters. The Hall–Kier alpha value is -1.60. The minimum atomic E-state index is -1.11. The summed E-state index contributed by atoms with van der Waals surface area (Å²) in [5.41, 5.74) is 0.384. The number of hydrogen-bond acceptors (Lipinski definition) is 5. The molecule has 0 fully saturated rings. The van der Waals surface area contributed by atoms with Crippen molar-refractivity contribution in [1.82, 2.24) is 5.32 Å². The van der Waals surface area contributed by atoms with Crippen LogP contribution in [0.3, 0.4) is 0 Å². The molecular weight excluding hydrogens is 294 g/mol. The van der Waals surface area contributed by atoms with Gasteiger partial charge in [-0.05, 0) is 43.2 Å². The number of ether oxygens (including phenoxy) is 2. The van der Waals surface area contributed by atoms with E-state index in [0.717, 1.165) is 5.56 Å². The fourth-order valence-corrected chi connectivity index (χ4v) is 2.13. The van der Waals surface area contributed by atoms with Crippen LogP contribution in [-0.4, -0.2) is 35.4 Å². The fraction of sp³-hybridized carbons (Fsp3) is 0.571. The Morgan fingerprint density at radius 3 is 2.67 bits per heavy atom. The number of thiophene rings is 1. The smallest absolute Gasteiger partial charge is 0.408 e. The van der Waals surface area contributed by atoms with Crippen LogP contribution in [0.15, 0.2) is 16.8 Å². The van der Waals surface area contributed by atoms with E-state index in [0.29, 0.717) is 6.61 Å². The topological polar surface area (TPSA) is 84.9 Å². The van der Waals surface area contributed by atoms with E-state index in [2.05, 4.69) is 5.32 Å². The van der Waals surface area contributed by atoms with Gasteiger partial charge in [-0.2, -0.15) is 11.3 Å². The average Bonchev–Trinajstić information content (AvgIpc) is 2.83. The van der Waals surface area contributed by atoms with Crippen molar-refractivity contribution in [1.29, 1.82) is 0 Å². The predicted octanol–water partition coefficient (Wildman–Crippen LogP) is 2.63. The summed E-state index contributed by atoms with van der Waals surface area (Å²) in [7, 11) is 0. The molecule has 0 saturated heterocycles. The van der Waals surface area contributed by atoms with Gasteiger partial charge in [0.2, 0.25) is 0 Å². The van der Waals surface area contributed by atoms with Gasteiger partial charge in [0, 0.05) is 13.0 Å². The second kappa shape index (κ2) is 7.99. The molecule has 1 aromatic rings. The molecule has 0 aliphatic carbocycles. The van der Waals surface area contributed by atoms with Crippen LogP contribution >= 0.6 is 11.3 Å². The molecule has 21 heavy (non-hydrogen) atoms. The van der Waals surface area contributed by atoms with Crippen molar-refractivity contribution < 1.29 is 24.2 Å². The van der Waals surface area contributed by atoms with Gasteiger partial charge in [0.1, 0.15) is 11.6 Å². The van der Waals surface area contributed by atoms with Gasteiger partial charge in [-0.3, -0.25) is 0 Å². The van der Waals surface area contributed by atoms with E-state index >= 15 is 0 Å². The highest BCUT2D eigenvalue weighted by Gasteiger charge is 2.23. The molecule has 0 saturated carbocycles. The van der Waals surface area contributed by atoms with Gasteiger partial charge >= 0.3 is 12.1 Å². The van der Waals surface area contributed by atoms with Gasteiger partial charge in [0.25, 0.3) is 0 Å². The van der Waals surface area contributed by atoms with Gasteiger partial charge in [-0.15, -0.1) is 0 Å². The lowest BCUT2D eigenvalue weighted by molar-refractivity contribution is -0.140. The highest BCUT2D eigenvalue weighted by molar-refractivity contribution is 7.07. The van der Waals surface area contributed by atoms with Crippen molar-refractivity contribution in [3.8, 4) is 0 Å². The molecule has 7 heteroatoms. The molecule has 1 amide bonds. The number of carboxylic acid groups (broad SMARTS) is 1. The van der Waals surface area contributed by atoms with Gasteiger partial charge in [-0.25, -0.2) is 9.59 Å². The van der Waals surface area contributed by atoms with E-state index in [1.54, 1.807) is 32.1 Å². The van der Waals surface area contributed by atoms with E-state index in [4.69, 9.17) is 14.6 Å². The number of rotatable bonds is 7. The number of alkyl carbamates (subject to hydrolysis) is 1. The summed E-state index contributed by atoms with van der Waals surface area (Å²) < 4.78 is 10.4. The van der Waals surface area contributed by atoms with E-state index in [9.17, 15) is 9.59 Å². The molecule has 0 aromatic carbocycles. The molecule has 6 nitrogen and oxygen atoms in total. The molecule has 0 bridgehead atoms. The normalized spacial score (nSPS) is 12.7. The maximum Gasteiger partial charge on any atom is 0.408 e. The monoisotopic (exact) mass is 315 g/mol. The number of aliphatic carboxylic acids is 1. The standard InChI is InChI=1S/C14H21NO5S/c1-14(2,3)20-13(18)15-11(12(16)17)4-6-19-8-10-5-7-21-9-10/h5,7,9,11H,4,6,8H2,1-3H3,(H,15,18)(H,16,17). The summed E-state index contributed by atoms with van der Waals surface area (Å²) >= 11 is 1.57. The zero-order chi connectivity index (χ0) is 15.9. The molecule has 0 radical (unpaired) electrons. The number of nitrogens with one attached hydrogen (secondary N) is 1. The summed E-state index contributed by atoms with van der Waals surface area (Å²) in [4.78, 5) is 22.7. The van der Waals surface area contributed by atoms with E-state index in [-0.39, 0.29) is 13.0 Å². The molecule has 118 valence electrons. The van der Waals surface area contributed by atoms with Gasteiger partial charge in [-0.1, -0.05) is 0 Å². The molecule has 1 heterocycles. The van der Waals surface area contributed by atoms with Gasteiger partial charge < -0.3 is 19.9 Å². The Labute approximate surface area is 128 Å². The van der Waals surface area contributed by atoms with Crippen LogP contribution < -0.4 is 5.32 Å². The number of carbonyl (C=O) groups is 2. The van der Waals surface area contributed by atoms with Crippen LogP contribution in [0.4, 0.5) is 4.79 Å². The third-order valence-corrected chi connectivity index (χ3v) is 3.12. The number of amides is 1. The van der Waals surface area contributed by atoms with Crippen LogP contribution in [0.5, 0.6) is 0 Å².